The van der Waals surface area contributed by atoms with Crippen molar-refractivity contribution in [3.05, 3.63) is 41.7 Å². The molecule has 1 aromatic carbocycles. The largest absolute Gasteiger partial charge is 0.467 e. The molecule has 0 aliphatic rings. The maximum atomic E-state index is 4.94. The Kier molecular flexibility index (Phi) is 3.72. The molecule has 0 fully saturated rings. The number of aromatic nitrogens is 3. The molecule has 0 aliphatic heterocycles. The third kappa shape index (κ3) is 2.95. The Morgan fingerprint density at radius 3 is 2.00 bits per heavy atom. The predicted octanol–water partition coefficient (Wildman–Crippen LogP) is 1.29. The van der Waals surface area contributed by atoms with Gasteiger partial charge in [0, 0.05) is 5.56 Å². The topological polar surface area (TPSA) is 57.1 Å². The van der Waals surface area contributed by atoms with Crippen molar-refractivity contribution in [2.45, 2.75) is 0 Å². The predicted molar refractivity (Wildman–Crippen MR) is 65.4 cm³/mol. The molecular formula is C13H11N3O2. The molecular weight excluding hydrogens is 230 g/mol. The summed E-state index contributed by atoms with van der Waals surface area (Å²) in [4.78, 5) is 11.9. The molecule has 0 saturated heterocycles. The molecule has 2 rings (SSSR count). The highest BCUT2D eigenvalue weighted by molar-refractivity contribution is 5.38. The fourth-order valence-corrected chi connectivity index (χ4v) is 1.23. The molecule has 0 radical (unpaired) electrons. The summed E-state index contributed by atoms with van der Waals surface area (Å²) in [5, 5.41) is 0. The van der Waals surface area contributed by atoms with Gasteiger partial charge in [0.1, 0.15) is 0 Å². The van der Waals surface area contributed by atoms with Crippen molar-refractivity contribution in [1.82, 2.24) is 15.0 Å². The monoisotopic (exact) mass is 241 g/mol. The molecule has 0 spiro atoms. The molecule has 0 N–H and O–H groups in total. The Bertz CT molecular complexity index is 566. The number of nitrogens with zero attached hydrogens (tertiary/aromatic N) is 3. The highest BCUT2D eigenvalue weighted by atomic mass is 16.5. The summed E-state index contributed by atoms with van der Waals surface area (Å²) in [6.07, 6.45) is 0. The van der Waals surface area contributed by atoms with Crippen molar-refractivity contribution in [1.29, 1.82) is 0 Å². The molecule has 1 heterocycles. The lowest BCUT2D eigenvalue weighted by Gasteiger charge is -2.00. The van der Waals surface area contributed by atoms with Crippen LogP contribution in [0, 0.1) is 11.8 Å². The van der Waals surface area contributed by atoms with Gasteiger partial charge in [-0.15, -0.1) is 4.98 Å². The van der Waals surface area contributed by atoms with Gasteiger partial charge in [-0.05, 0) is 18.1 Å². The second-order valence-corrected chi connectivity index (χ2v) is 3.25. The van der Waals surface area contributed by atoms with Gasteiger partial charge >= 0.3 is 12.0 Å². The zero-order valence-electron chi connectivity index (χ0n) is 10.0. The molecule has 90 valence electrons. The Morgan fingerprint density at radius 2 is 1.44 bits per heavy atom. The Morgan fingerprint density at radius 1 is 0.833 bits per heavy atom. The van der Waals surface area contributed by atoms with Crippen molar-refractivity contribution in [2.75, 3.05) is 14.2 Å². The van der Waals surface area contributed by atoms with Crippen LogP contribution in [0.3, 0.4) is 0 Å². The van der Waals surface area contributed by atoms with Crippen LogP contribution in [0.5, 0.6) is 12.0 Å². The zero-order valence-corrected chi connectivity index (χ0v) is 10.0. The smallest absolute Gasteiger partial charge is 0.323 e. The summed E-state index contributed by atoms with van der Waals surface area (Å²) in [7, 11) is 2.95. The van der Waals surface area contributed by atoms with E-state index in [0.29, 0.717) is 5.82 Å². The van der Waals surface area contributed by atoms with Gasteiger partial charge in [-0.25, -0.2) is 0 Å². The normalized spacial score (nSPS) is 9.22. The minimum Gasteiger partial charge on any atom is -0.467 e. The number of ether oxygens (including phenoxy) is 2. The van der Waals surface area contributed by atoms with Crippen molar-refractivity contribution < 1.29 is 9.47 Å². The van der Waals surface area contributed by atoms with E-state index < -0.39 is 0 Å². The van der Waals surface area contributed by atoms with Gasteiger partial charge in [-0.3, -0.25) is 0 Å². The summed E-state index contributed by atoms with van der Waals surface area (Å²) in [5.41, 5.74) is 0.885. The summed E-state index contributed by atoms with van der Waals surface area (Å²) in [6, 6.07) is 9.93. The average Bonchev–Trinajstić information content (AvgIpc) is 2.45. The number of rotatable bonds is 2. The number of hydrogen-bond acceptors (Lipinski definition) is 5. The fourth-order valence-electron chi connectivity index (χ4n) is 1.23. The molecule has 2 aromatic rings. The minimum atomic E-state index is 0.180. The highest BCUT2D eigenvalue weighted by Gasteiger charge is 2.04. The van der Waals surface area contributed by atoms with Gasteiger partial charge in [0.15, 0.2) is 0 Å². The molecule has 0 unspecified atom stereocenters. The first-order chi connectivity index (χ1) is 8.81. The van der Waals surface area contributed by atoms with Gasteiger partial charge in [0.25, 0.3) is 0 Å². The van der Waals surface area contributed by atoms with Gasteiger partial charge in [-0.2, -0.15) is 9.97 Å². The Labute approximate surface area is 105 Å². The van der Waals surface area contributed by atoms with E-state index in [1.165, 1.54) is 14.2 Å². The van der Waals surface area contributed by atoms with Crippen LogP contribution in [0.4, 0.5) is 0 Å². The van der Waals surface area contributed by atoms with E-state index in [1.54, 1.807) is 0 Å². The van der Waals surface area contributed by atoms with E-state index in [0.717, 1.165) is 5.56 Å². The van der Waals surface area contributed by atoms with Crippen LogP contribution in [0.25, 0.3) is 0 Å². The van der Waals surface area contributed by atoms with E-state index in [2.05, 4.69) is 26.8 Å². The lowest BCUT2D eigenvalue weighted by molar-refractivity contribution is 0.339. The summed E-state index contributed by atoms with van der Waals surface area (Å²) in [5.74, 6) is 6.10. The van der Waals surface area contributed by atoms with Crippen LogP contribution in [-0.4, -0.2) is 29.2 Å². The van der Waals surface area contributed by atoms with E-state index in [1.807, 2.05) is 30.3 Å². The van der Waals surface area contributed by atoms with Crippen molar-refractivity contribution in [3.8, 4) is 23.9 Å². The summed E-state index contributed by atoms with van der Waals surface area (Å²) in [6.45, 7) is 0. The minimum absolute atomic E-state index is 0.180. The molecule has 18 heavy (non-hydrogen) atoms. The van der Waals surface area contributed by atoms with Crippen molar-refractivity contribution in [2.24, 2.45) is 0 Å². The maximum Gasteiger partial charge on any atom is 0.323 e. The van der Waals surface area contributed by atoms with Crippen LogP contribution < -0.4 is 9.47 Å². The lowest BCUT2D eigenvalue weighted by atomic mass is 10.2. The van der Waals surface area contributed by atoms with Gasteiger partial charge in [0.2, 0.25) is 5.82 Å². The van der Waals surface area contributed by atoms with Crippen LogP contribution in [0.2, 0.25) is 0 Å². The molecule has 0 atom stereocenters. The zero-order chi connectivity index (χ0) is 12.8. The van der Waals surface area contributed by atoms with Gasteiger partial charge in [0.05, 0.1) is 14.2 Å². The highest BCUT2D eigenvalue weighted by Crippen LogP contribution is 2.07. The molecule has 5 nitrogen and oxygen atoms in total. The first-order valence-electron chi connectivity index (χ1n) is 5.23. The SMILES string of the molecule is COc1nc(C#Cc2ccccc2)nc(OC)n1. The molecule has 1 aromatic heterocycles. The molecule has 0 aliphatic carbocycles. The van der Waals surface area contributed by atoms with E-state index in [-0.39, 0.29) is 12.0 Å². The Balaban J connectivity index is 2.32. The van der Waals surface area contributed by atoms with E-state index in [4.69, 9.17) is 9.47 Å². The van der Waals surface area contributed by atoms with Crippen LogP contribution in [0.15, 0.2) is 30.3 Å². The molecule has 5 heteroatoms. The molecule has 0 amide bonds. The first kappa shape index (κ1) is 11.9. The van der Waals surface area contributed by atoms with Crippen LogP contribution in [-0.2, 0) is 0 Å². The van der Waals surface area contributed by atoms with Gasteiger partial charge in [-0.1, -0.05) is 24.1 Å². The number of hydrogen-bond donors (Lipinski definition) is 0. The van der Waals surface area contributed by atoms with Crippen LogP contribution in [0.1, 0.15) is 11.4 Å². The number of methoxy groups -OCH3 is 2. The van der Waals surface area contributed by atoms with E-state index >= 15 is 0 Å². The van der Waals surface area contributed by atoms with Crippen molar-refractivity contribution >= 4 is 0 Å². The van der Waals surface area contributed by atoms with Crippen molar-refractivity contribution in [3.63, 3.8) is 0 Å². The summed E-state index contributed by atoms with van der Waals surface area (Å²) >= 11 is 0. The standard InChI is InChI=1S/C13H11N3O2/c1-17-12-14-11(15-13(16-12)18-2)9-8-10-6-4-3-5-7-10/h3-7H,1-2H3. The van der Waals surface area contributed by atoms with Gasteiger partial charge < -0.3 is 9.47 Å². The second-order valence-electron chi connectivity index (χ2n) is 3.25. The quantitative estimate of drug-likeness (QED) is 0.741. The third-order valence-electron chi connectivity index (χ3n) is 2.05. The fraction of sp³-hybridized carbons (Fsp3) is 0.154. The second kappa shape index (κ2) is 5.64. The first-order valence-corrected chi connectivity index (χ1v) is 5.23. The third-order valence-corrected chi connectivity index (χ3v) is 2.05. The number of benzene rings is 1. The Hall–Kier alpha value is -2.61. The lowest BCUT2D eigenvalue weighted by Crippen LogP contribution is -2.01. The van der Waals surface area contributed by atoms with Crippen LogP contribution >= 0.6 is 0 Å². The molecule has 0 saturated carbocycles. The average molecular weight is 241 g/mol. The summed E-state index contributed by atoms with van der Waals surface area (Å²) < 4.78 is 9.88. The molecule has 0 bridgehead atoms. The van der Waals surface area contributed by atoms with E-state index in [9.17, 15) is 0 Å². The maximum absolute atomic E-state index is 4.94.